The van der Waals surface area contributed by atoms with Gasteiger partial charge in [-0.15, -0.1) is 11.3 Å². The first-order valence-electron chi connectivity index (χ1n) is 3.85. The number of rotatable bonds is 2. The van der Waals surface area contributed by atoms with Gasteiger partial charge in [0.15, 0.2) is 0 Å². The van der Waals surface area contributed by atoms with E-state index in [0.717, 1.165) is 14.4 Å². The number of hydrazine groups is 1. The molecular formula is C8H7BrN4S. The highest BCUT2D eigenvalue weighted by Gasteiger charge is 2.03. The first-order chi connectivity index (χ1) is 6.79. The average Bonchev–Trinajstić information content (AvgIpc) is 2.65. The summed E-state index contributed by atoms with van der Waals surface area (Å²) in [6.45, 7) is 0. The summed E-state index contributed by atoms with van der Waals surface area (Å²) >= 11 is 5.02. The van der Waals surface area contributed by atoms with E-state index in [0.29, 0.717) is 5.95 Å². The van der Waals surface area contributed by atoms with Gasteiger partial charge in [0.05, 0.1) is 14.4 Å². The molecule has 0 saturated heterocycles. The lowest BCUT2D eigenvalue weighted by molar-refractivity contribution is 1.12. The van der Waals surface area contributed by atoms with Crippen LogP contribution >= 0.6 is 27.3 Å². The van der Waals surface area contributed by atoms with Crippen LogP contribution in [-0.2, 0) is 0 Å². The maximum atomic E-state index is 5.22. The number of hydrogen-bond donors (Lipinski definition) is 2. The predicted octanol–water partition coefficient (Wildman–Crippen LogP) is 2.25. The number of nitrogens with one attached hydrogen (secondary N) is 1. The van der Waals surface area contributed by atoms with Crippen molar-refractivity contribution in [3.8, 4) is 10.6 Å². The Labute approximate surface area is 93.3 Å². The molecule has 0 amide bonds. The second-order valence-corrected chi connectivity index (χ2v) is 4.98. The molecule has 6 heteroatoms. The third-order valence-corrected chi connectivity index (χ3v) is 3.26. The zero-order valence-electron chi connectivity index (χ0n) is 7.07. The third-order valence-electron chi connectivity index (χ3n) is 1.61. The van der Waals surface area contributed by atoms with Crippen LogP contribution in [0.1, 0.15) is 0 Å². The van der Waals surface area contributed by atoms with Crippen LogP contribution in [-0.4, -0.2) is 9.97 Å². The van der Waals surface area contributed by atoms with E-state index in [1.807, 2.05) is 18.2 Å². The molecule has 0 aromatic carbocycles. The number of halogens is 1. The molecule has 0 aliphatic heterocycles. The summed E-state index contributed by atoms with van der Waals surface area (Å²) in [6, 6.07) is 5.83. The maximum Gasteiger partial charge on any atom is 0.237 e. The van der Waals surface area contributed by atoms with Crippen LogP contribution < -0.4 is 11.3 Å². The minimum atomic E-state index is 0.423. The molecule has 0 radical (unpaired) electrons. The highest BCUT2D eigenvalue weighted by Crippen LogP contribution is 2.29. The van der Waals surface area contributed by atoms with Crippen molar-refractivity contribution in [2.45, 2.75) is 0 Å². The summed E-state index contributed by atoms with van der Waals surface area (Å²) in [5, 5.41) is 0. The number of nitrogens with zero attached hydrogens (tertiary/aromatic N) is 2. The number of nitrogens with two attached hydrogens (primary N) is 1. The Hall–Kier alpha value is -0.980. The van der Waals surface area contributed by atoms with Crippen molar-refractivity contribution in [2.24, 2.45) is 5.84 Å². The molecule has 72 valence electrons. The molecule has 2 heterocycles. The number of hydrogen-bond acceptors (Lipinski definition) is 5. The van der Waals surface area contributed by atoms with E-state index in [1.165, 1.54) is 0 Å². The smallest absolute Gasteiger partial charge is 0.237 e. The van der Waals surface area contributed by atoms with Gasteiger partial charge in [-0.25, -0.2) is 15.8 Å². The topological polar surface area (TPSA) is 63.8 Å². The van der Waals surface area contributed by atoms with Crippen LogP contribution in [0, 0.1) is 0 Å². The Kier molecular flexibility index (Phi) is 2.76. The van der Waals surface area contributed by atoms with E-state index in [9.17, 15) is 0 Å². The molecule has 2 rings (SSSR count). The summed E-state index contributed by atoms with van der Waals surface area (Å²) in [7, 11) is 0. The second kappa shape index (κ2) is 4.04. The molecule has 0 fully saturated rings. The number of thiophene rings is 1. The van der Waals surface area contributed by atoms with E-state index in [-0.39, 0.29) is 0 Å². The van der Waals surface area contributed by atoms with Crippen molar-refractivity contribution in [3.05, 3.63) is 28.2 Å². The minimum Gasteiger partial charge on any atom is -0.292 e. The molecule has 0 spiro atoms. The van der Waals surface area contributed by atoms with Crippen molar-refractivity contribution < 1.29 is 0 Å². The predicted molar refractivity (Wildman–Crippen MR) is 60.9 cm³/mol. The molecular weight excluding hydrogens is 264 g/mol. The molecule has 0 bridgehead atoms. The summed E-state index contributed by atoms with van der Waals surface area (Å²) < 4.78 is 1.08. The third kappa shape index (κ3) is 1.92. The summed E-state index contributed by atoms with van der Waals surface area (Å²) in [5.74, 6) is 5.64. The van der Waals surface area contributed by atoms with Gasteiger partial charge in [-0.2, -0.15) is 0 Å². The van der Waals surface area contributed by atoms with Crippen molar-refractivity contribution >= 4 is 33.2 Å². The second-order valence-electron chi connectivity index (χ2n) is 2.51. The zero-order valence-corrected chi connectivity index (χ0v) is 9.47. The van der Waals surface area contributed by atoms with E-state index in [2.05, 4.69) is 31.3 Å². The Balaban J connectivity index is 2.41. The van der Waals surface area contributed by atoms with Crippen molar-refractivity contribution in [3.63, 3.8) is 0 Å². The van der Waals surface area contributed by atoms with Gasteiger partial charge >= 0.3 is 0 Å². The molecule has 0 atom stereocenters. The summed E-state index contributed by atoms with van der Waals surface area (Å²) in [5.41, 5.74) is 3.28. The quantitative estimate of drug-likeness (QED) is 0.649. The number of nitrogen functional groups attached to an aromatic ring is 1. The Morgan fingerprint density at radius 2 is 2.21 bits per heavy atom. The normalized spacial score (nSPS) is 10.1. The van der Waals surface area contributed by atoms with Gasteiger partial charge in [0, 0.05) is 6.20 Å². The summed E-state index contributed by atoms with van der Waals surface area (Å²) in [6.07, 6.45) is 1.67. The fourth-order valence-corrected chi connectivity index (χ4v) is 2.37. The molecule has 4 nitrogen and oxygen atoms in total. The lowest BCUT2D eigenvalue weighted by Crippen LogP contribution is -2.10. The van der Waals surface area contributed by atoms with Crippen molar-refractivity contribution in [2.75, 3.05) is 5.43 Å². The van der Waals surface area contributed by atoms with Crippen LogP contribution in [0.25, 0.3) is 10.6 Å². The maximum absolute atomic E-state index is 5.22. The van der Waals surface area contributed by atoms with Gasteiger partial charge in [0.1, 0.15) is 0 Å². The first kappa shape index (κ1) is 9.57. The van der Waals surface area contributed by atoms with Gasteiger partial charge in [0.2, 0.25) is 5.95 Å². The largest absolute Gasteiger partial charge is 0.292 e. The first-order valence-corrected chi connectivity index (χ1v) is 5.46. The molecule has 0 unspecified atom stereocenters. The van der Waals surface area contributed by atoms with Gasteiger partial charge in [-0.1, -0.05) is 0 Å². The van der Waals surface area contributed by atoms with Crippen LogP contribution in [0.4, 0.5) is 5.95 Å². The van der Waals surface area contributed by atoms with Gasteiger partial charge in [-0.05, 0) is 34.1 Å². The lowest BCUT2D eigenvalue weighted by Gasteiger charge is -1.99. The van der Waals surface area contributed by atoms with Crippen LogP contribution in [0.2, 0.25) is 0 Å². The fraction of sp³-hybridized carbons (Fsp3) is 0. The van der Waals surface area contributed by atoms with Gasteiger partial charge in [0.25, 0.3) is 0 Å². The molecule has 0 saturated carbocycles. The standard InChI is InChI=1S/C8H7BrN4S/c9-7-2-1-6(14-7)5-3-4-11-8(12-5)13-10/h1-4H,10H2,(H,11,12,13). The number of anilines is 1. The lowest BCUT2D eigenvalue weighted by atomic mass is 10.3. The van der Waals surface area contributed by atoms with Crippen molar-refractivity contribution in [1.82, 2.24) is 9.97 Å². The van der Waals surface area contributed by atoms with Crippen LogP contribution in [0.5, 0.6) is 0 Å². The molecule has 14 heavy (non-hydrogen) atoms. The van der Waals surface area contributed by atoms with E-state index in [4.69, 9.17) is 5.84 Å². The molecule has 2 aromatic heterocycles. The Morgan fingerprint density at radius 3 is 2.86 bits per heavy atom. The van der Waals surface area contributed by atoms with Crippen molar-refractivity contribution in [1.29, 1.82) is 0 Å². The van der Waals surface area contributed by atoms with E-state index >= 15 is 0 Å². The Morgan fingerprint density at radius 1 is 1.36 bits per heavy atom. The zero-order chi connectivity index (χ0) is 9.97. The van der Waals surface area contributed by atoms with E-state index < -0.39 is 0 Å². The SMILES string of the molecule is NNc1nccc(-c2ccc(Br)s2)n1. The molecule has 0 aliphatic rings. The molecule has 2 aromatic rings. The highest BCUT2D eigenvalue weighted by atomic mass is 79.9. The van der Waals surface area contributed by atoms with Gasteiger partial charge in [-0.3, -0.25) is 5.43 Å². The number of aromatic nitrogens is 2. The minimum absolute atomic E-state index is 0.423. The molecule has 0 aliphatic carbocycles. The highest BCUT2D eigenvalue weighted by molar-refractivity contribution is 9.11. The van der Waals surface area contributed by atoms with Crippen LogP contribution in [0.15, 0.2) is 28.2 Å². The fourth-order valence-electron chi connectivity index (χ4n) is 1.02. The Bertz CT molecular complexity index is 442. The monoisotopic (exact) mass is 270 g/mol. The molecule has 3 N–H and O–H groups in total. The van der Waals surface area contributed by atoms with Crippen LogP contribution in [0.3, 0.4) is 0 Å². The van der Waals surface area contributed by atoms with Gasteiger partial charge < -0.3 is 0 Å². The van der Waals surface area contributed by atoms with E-state index in [1.54, 1.807) is 17.5 Å². The average molecular weight is 271 g/mol. The summed E-state index contributed by atoms with van der Waals surface area (Å²) in [4.78, 5) is 9.23.